The molecule has 0 saturated carbocycles. The lowest BCUT2D eigenvalue weighted by atomic mass is 10.1. The highest BCUT2D eigenvalue weighted by Gasteiger charge is 2.20. The number of benzene rings is 1. The molecule has 1 heterocycles. The van der Waals surface area contributed by atoms with E-state index in [0.717, 1.165) is 25.9 Å². The van der Waals surface area contributed by atoms with Gasteiger partial charge in [0.15, 0.2) is 0 Å². The minimum Gasteiger partial charge on any atom is -0.493 e. The molecule has 1 saturated heterocycles. The van der Waals surface area contributed by atoms with Crippen molar-refractivity contribution in [3.63, 3.8) is 0 Å². The van der Waals surface area contributed by atoms with Crippen LogP contribution in [0.5, 0.6) is 5.75 Å². The van der Waals surface area contributed by atoms with E-state index in [-0.39, 0.29) is 24.4 Å². The van der Waals surface area contributed by atoms with Gasteiger partial charge >= 0.3 is 0 Å². The van der Waals surface area contributed by atoms with Crippen LogP contribution >= 0.6 is 24.0 Å². The van der Waals surface area contributed by atoms with Gasteiger partial charge in [-0.3, -0.25) is 4.79 Å². The van der Waals surface area contributed by atoms with Gasteiger partial charge in [-0.1, -0.05) is 18.5 Å². The smallest absolute Gasteiger partial charge is 0.255 e. The Balaban J connectivity index is 0.00000200. The molecule has 1 aliphatic rings. The van der Waals surface area contributed by atoms with E-state index < -0.39 is 0 Å². The van der Waals surface area contributed by atoms with E-state index in [9.17, 15) is 4.79 Å². The molecule has 0 spiro atoms. The molecule has 1 amide bonds. The summed E-state index contributed by atoms with van der Waals surface area (Å²) in [4.78, 5) is 12.3. The van der Waals surface area contributed by atoms with Gasteiger partial charge < -0.3 is 15.4 Å². The molecule has 1 unspecified atom stereocenters. The Morgan fingerprint density at radius 2 is 2.35 bits per heavy atom. The summed E-state index contributed by atoms with van der Waals surface area (Å²) < 4.78 is 5.59. The standard InChI is InChI=1S/C14H19ClN2O2.ClH/c1-2-7-19-13-4-3-10(15)8-12(13)14(18)17-11-5-6-16-9-11;/h3-4,8,11,16H,2,5-7,9H2,1H3,(H,17,18);1H. The fraction of sp³-hybridized carbons (Fsp3) is 0.500. The summed E-state index contributed by atoms with van der Waals surface area (Å²) in [6, 6.07) is 5.33. The number of hydrogen-bond donors (Lipinski definition) is 2. The maximum Gasteiger partial charge on any atom is 0.255 e. The van der Waals surface area contributed by atoms with Crippen molar-refractivity contribution in [1.29, 1.82) is 0 Å². The van der Waals surface area contributed by atoms with Crippen LogP contribution in [0.4, 0.5) is 0 Å². The normalized spacial score (nSPS) is 17.4. The third kappa shape index (κ3) is 4.54. The third-order valence-corrected chi connectivity index (χ3v) is 3.28. The van der Waals surface area contributed by atoms with Crippen LogP contribution in [0.3, 0.4) is 0 Å². The van der Waals surface area contributed by atoms with E-state index in [1.165, 1.54) is 0 Å². The van der Waals surface area contributed by atoms with Crippen molar-refractivity contribution in [3.8, 4) is 5.75 Å². The highest BCUT2D eigenvalue weighted by molar-refractivity contribution is 6.31. The summed E-state index contributed by atoms with van der Waals surface area (Å²) >= 11 is 5.96. The first kappa shape index (κ1) is 17.1. The van der Waals surface area contributed by atoms with E-state index >= 15 is 0 Å². The van der Waals surface area contributed by atoms with Gasteiger partial charge in [-0.25, -0.2) is 0 Å². The fourth-order valence-corrected chi connectivity index (χ4v) is 2.23. The molecule has 0 aliphatic carbocycles. The molecule has 4 nitrogen and oxygen atoms in total. The zero-order chi connectivity index (χ0) is 13.7. The van der Waals surface area contributed by atoms with E-state index in [4.69, 9.17) is 16.3 Å². The Morgan fingerprint density at radius 3 is 3.00 bits per heavy atom. The summed E-state index contributed by atoms with van der Waals surface area (Å²) in [5, 5.41) is 6.76. The van der Waals surface area contributed by atoms with Crippen LogP contribution in [0, 0.1) is 0 Å². The van der Waals surface area contributed by atoms with Crippen molar-refractivity contribution in [3.05, 3.63) is 28.8 Å². The minimum absolute atomic E-state index is 0. The molecule has 1 aliphatic heterocycles. The Kier molecular flexibility index (Phi) is 7.13. The predicted molar refractivity (Wildman–Crippen MR) is 83.2 cm³/mol. The highest BCUT2D eigenvalue weighted by atomic mass is 35.5. The maximum absolute atomic E-state index is 12.3. The third-order valence-electron chi connectivity index (χ3n) is 3.04. The molecule has 0 aromatic heterocycles. The van der Waals surface area contributed by atoms with Crippen LogP contribution in [0.2, 0.25) is 5.02 Å². The first-order chi connectivity index (χ1) is 9.20. The Hall–Kier alpha value is -0.970. The zero-order valence-corrected chi connectivity index (χ0v) is 13.0. The molecule has 1 aromatic rings. The molecule has 2 rings (SSSR count). The van der Waals surface area contributed by atoms with E-state index in [2.05, 4.69) is 10.6 Å². The van der Waals surface area contributed by atoms with Gasteiger partial charge in [0.25, 0.3) is 5.91 Å². The van der Waals surface area contributed by atoms with Crippen molar-refractivity contribution in [2.75, 3.05) is 19.7 Å². The second-order valence-corrected chi connectivity index (χ2v) is 5.09. The average Bonchev–Trinajstić information content (AvgIpc) is 2.90. The lowest BCUT2D eigenvalue weighted by Gasteiger charge is -2.14. The molecule has 1 fully saturated rings. The van der Waals surface area contributed by atoms with E-state index in [1.807, 2.05) is 6.92 Å². The van der Waals surface area contributed by atoms with Gasteiger partial charge in [-0.05, 0) is 37.6 Å². The van der Waals surface area contributed by atoms with Gasteiger partial charge in [-0.15, -0.1) is 12.4 Å². The second-order valence-electron chi connectivity index (χ2n) is 4.65. The number of nitrogens with one attached hydrogen (secondary N) is 2. The molecule has 6 heteroatoms. The van der Waals surface area contributed by atoms with Crippen LogP contribution in [-0.2, 0) is 0 Å². The monoisotopic (exact) mass is 318 g/mol. The van der Waals surface area contributed by atoms with Crippen LogP contribution in [0.1, 0.15) is 30.1 Å². The number of carbonyl (C=O) groups excluding carboxylic acids is 1. The number of ether oxygens (including phenoxy) is 1. The topological polar surface area (TPSA) is 50.4 Å². The van der Waals surface area contributed by atoms with E-state index in [0.29, 0.717) is 22.9 Å². The number of amides is 1. The second kappa shape index (κ2) is 8.35. The van der Waals surface area contributed by atoms with Crippen molar-refractivity contribution in [2.45, 2.75) is 25.8 Å². The number of hydrogen-bond acceptors (Lipinski definition) is 3. The van der Waals surface area contributed by atoms with Crippen molar-refractivity contribution in [2.24, 2.45) is 0 Å². The Morgan fingerprint density at radius 1 is 1.55 bits per heavy atom. The molecule has 2 N–H and O–H groups in total. The first-order valence-electron chi connectivity index (χ1n) is 6.64. The largest absolute Gasteiger partial charge is 0.493 e. The molecule has 0 radical (unpaired) electrons. The first-order valence-corrected chi connectivity index (χ1v) is 7.02. The van der Waals surface area contributed by atoms with Gasteiger partial charge in [0, 0.05) is 17.6 Å². The summed E-state index contributed by atoms with van der Waals surface area (Å²) in [5.41, 5.74) is 0.507. The lowest BCUT2D eigenvalue weighted by Crippen LogP contribution is -2.36. The number of rotatable bonds is 5. The van der Waals surface area contributed by atoms with Crippen molar-refractivity contribution >= 4 is 29.9 Å². The maximum atomic E-state index is 12.3. The Labute approximate surface area is 130 Å². The fourth-order valence-electron chi connectivity index (χ4n) is 2.06. The lowest BCUT2D eigenvalue weighted by molar-refractivity contribution is 0.0936. The number of carbonyl (C=O) groups is 1. The van der Waals surface area contributed by atoms with Crippen LogP contribution < -0.4 is 15.4 Å². The molecule has 20 heavy (non-hydrogen) atoms. The molecule has 1 aromatic carbocycles. The van der Waals surface area contributed by atoms with Crippen LogP contribution in [0.15, 0.2) is 18.2 Å². The predicted octanol–water partition coefficient (Wildman–Crippen LogP) is 2.64. The average molecular weight is 319 g/mol. The van der Waals surface area contributed by atoms with Crippen LogP contribution in [-0.4, -0.2) is 31.6 Å². The minimum atomic E-state index is -0.123. The molecule has 1 atom stereocenters. The highest BCUT2D eigenvalue weighted by Crippen LogP contribution is 2.23. The molecular formula is C14H20Cl2N2O2. The van der Waals surface area contributed by atoms with Gasteiger partial charge in [0.2, 0.25) is 0 Å². The SMILES string of the molecule is CCCOc1ccc(Cl)cc1C(=O)NC1CCNC1.Cl. The summed E-state index contributed by atoms with van der Waals surface area (Å²) in [6.07, 6.45) is 1.85. The molecule has 0 bridgehead atoms. The van der Waals surface area contributed by atoms with Gasteiger partial charge in [0.05, 0.1) is 12.2 Å². The van der Waals surface area contributed by atoms with E-state index in [1.54, 1.807) is 18.2 Å². The number of halogens is 2. The molecular weight excluding hydrogens is 299 g/mol. The molecule has 112 valence electrons. The van der Waals surface area contributed by atoms with Crippen molar-refractivity contribution in [1.82, 2.24) is 10.6 Å². The van der Waals surface area contributed by atoms with Gasteiger partial charge in [-0.2, -0.15) is 0 Å². The summed E-state index contributed by atoms with van der Waals surface area (Å²) in [7, 11) is 0. The zero-order valence-electron chi connectivity index (χ0n) is 11.4. The summed E-state index contributed by atoms with van der Waals surface area (Å²) in [5.74, 6) is 0.469. The summed E-state index contributed by atoms with van der Waals surface area (Å²) in [6.45, 7) is 4.38. The van der Waals surface area contributed by atoms with Gasteiger partial charge in [0.1, 0.15) is 5.75 Å². The van der Waals surface area contributed by atoms with Crippen LogP contribution in [0.25, 0.3) is 0 Å². The Bertz CT molecular complexity index is 449. The quantitative estimate of drug-likeness (QED) is 0.877. The van der Waals surface area contributed by atoms with Crippen molar-refractivity contribution < 1.29 is 9.53 Å².